The van der Waals surface area contributed by atoms with Crippen LogP contribution in [0.3, 0.4) is 0 Å². The first-order valence-corrected chi connectivity index (χ1v) is 11.8. The number of hydrogen-bond donors (Lipinski definition) is 0. The number of methoxy groups -OCH3 is 1. The predicted molar refractivity (Wildman–Crippen MR) is 140 cm³/mol. The zero-order chi connectivity index (χ0) is 25.2. The van der Waals surface area contributed by atoms with Crippen LogP contribution in [0, 0.1) is 0 Å². The second-order valence-corrected chi connectivity index (χ2v) is 8.79. The maximum absolute atomic E-state index is 13.4. The van der Waals surface area contributed by atoms with E-state index in [2.05, 4.69) is 26.0 Å². The van der Waals surface area contributed by atoms with Crippen LogP contribution in [0.2, 0.25) is 0 Å². The van der Waals surface area contributed by atoms with Crippen LogP contribution in [0.4, 0.5) is 0 Å². The van der Waals surface area contributed by atoms with Crippen molar-refractivity contribution in [3.05, 3.63) is 93.2 Å². The van der Waals surface area contributed by atoms with Gasteiger partial charge < -0.3 is 13.9 Å². The molecule has 0 saturated carbocycles. The molecule has 0 bridgehead atoms. The molecule has 0 amide bonds. The Morgan fingerprint density at radius 1 is 1.11 bits per heavy atom. The van der Waals surface area contributed by atoms with Crippen molar-refractivity contribution in [2.24, 2.45) is 5.10 Å². The summed E-state index contributed by atoms with van der Waals surface area (Å²) in [5.74, 6) is 0.710. The highest BCUT2D eigenvalue weighted by molar-refractivity contribution is 9.10. The van der Waals surface area contributed by atoms with Crippen LogP contribution >= 0.6 is 15.9 Å². The van der Waals surface area contributed by atoms with Gasteiger partial charge in [0.15, 0.2) is 11.9 Å². The van der Waals surface area contributed by atoms with Gasteiger partial charge in [0.25, 0.3) is 5.56 Å². The van der Waals surface area contributed by atoms with Crippen molar-refractivity contribution < 1.29 is 18.7 Å². The molecule has 0 radical (unpaired) electrons. The standard InChI is InChI=1S/C27H20BrN3O5/c1-16(27(33)34-2)35-23-12-11-17(13-20(23)28)15-29-31-25(24-14-18-7-3-6-10-22(18)36-24)30-21-9-5-4-8-19(21)26(31)32/h3-16H,1-2H3/t16-/m0/s1. The van der Waals surface area contributed by atoms with Gasteiger partial charge in [0.2, 0.25) is 5.82 Å². The number of para-hydroxylation sites is 2. The van der Waals surface area contributed by atoms with E-state index in [1.165, 1.54) is 11.8 Å². The number of benzene rings is 3. The molecule has 5 aromatic rings. The fourth-order valence-corrected chi connectivity index (χ4v) is 4.19. The zero-order valence-electron chi connectivity index (χ0n) is 19.3. The summed E-state index contributed by atoms with van der Waals surface area (Å²) in [6.07, 6.45) is 0.780. The average molecular weight is 546 g/mol. The van der Waals surface area contributed by atoms with Crippen LogP contribution in [0.15, 0.2) is 91.6 Å². The minimum atomic E-state index is -0.764. The van der Waals surface area contributed by atoms with Gasteiger partial charge >= 0.3 is 5.97 Å². The van der Waals surface area contributed by atoms with Crippen molar-refractivity contribution >= 4 is 50.0 Å². The zero-order valence-corrected chi connectivity index (χ0v) is 20.9. The molecule has 0 fully saturated rings. The van der Waals surface area contributed by atoms with Crippen molar-refractivity contribution in [3.63, 3.8) is 0 Å². The molecule has 36 heavy (non-hydrogen) atoms. The molecule has 8 nitrogen and oxygen atoms in total. The van der Waals surface area contributed by atoms with E-state index in [1.54, 1.807) is 49.5 Å². The molecule has 1 atom stereocenters. The van der Waals surface area contributed by atoms with Gasteiger partial charge in [0.05, 0.1) is 28.7 Å². The summed E-state index contributed by atoms with van der Waals surface area (Å²) in [6.45, 7) is 1.60. The summed E-state index contributed by atoms with van der Waals surface area (Å²) < 4.78 is 18.2. The smallest absolute Gasteiger partial charge is 0.346 e. The molecule has 0 aliphatic rings. The van der Waals surface area contributed by atoms with E-state index in [0.29, 0.717) is 38.0 Å². The molecule has 5 rings (SSSR count). The third kappa shape index (κ3) is 4.52. The van der Waals surface area contributed by atoms with Gasteiger partial charge in [0, 0.05) is 5.39 Å². The number of rotatable bonds is 6. The number of carbonyl (C=O) groups is 1. The Morgan fingerprint density at radius 2 is 1.89 bits per heavy atom. The molecule has 0 saturated heterocycles. The molecule has 0 aliphatic carbocycles. The fourth-order valence-electron chi connectivity index (χ4n) is 3.70. The minimum Gasteiger partial charge on any atom is -0.478 e. The summed E-state index contributed by atoms with van der Waals surface area (Å²) in [5, 5.41) is 5.80. The number of ether oxygens (including phenoxy) is 2. The van der Waals surface area contributed by atoms with Gasteiger partial charge in [-0.3, -0.25) is 4.79 Å². The molecule has 0 N–H and O–H groups in total. The van der Waals surface area contributed by atoms with Crippen LogP contribution in [0.25, 0.3) is 33.5 Å². The molecule has 9 heteroatoms. The van der Waals surface area contributed by atoms with E-state index >= 15 is 0 Å². The summed E-state index contributed by atoms with van der Waals surface area (Å²) in [4.78, 5) is 29.7. The lowest BCUT2D eigenvalue weighted by atomic mass is 10.2. The topological polar surface area (TPSA) is 95.9 Å². The molecular formula is C27H20BrN3O5. The third-order valence-electron chi connectivity index (χ3n) is 5.51. The maximum Gasteiger partial charge on any atom is 0.346 e. The highest BCUT2D eigenvalue weighted by atomic mass is 79.9. The van der Waals surface area contributed by atoms with Crippen LogP contribution in [-0.2, 0) is 9.53 Å². The van der Waals surface area contributed by atoms with Gasteiger partial charge in [0.1, 0.15) is 11.3 Å². The first-order chi connectivity index (χ1) is 17.4. The average Bonchev–Trinajstić information content (AvgIpc) is 3.33. The second kappa shape index (κ2) is 9.79. The van der Waals surface area contributed by atoms with Gasteiger partial charge in [-0.1, -0.05) is 30.3 Å². The lowest BCUT2D eigenvalue weighted by Crippen LogP contribution is -2.25. The first kappa shape index (κ1) is 23.5. The van der Waals surface area contributed by atoms with Crippen molar-refractivity contribution in [1.82, 2.24) is 9.66 Å². The second-order valence-electron chi connectivity index (χ2n) is 7.94. The SMILES string of the molecule is COC(=O)[C@H](C)Oc1ccc(C=Nn2c(-c3cc4ccccc4o3)nc3ccccc3c2=O)cc1Br. The molecule has 2 aromatic heterocycles. The Hall–Kier alpha value is -4.24. The van der Waals surface area contributed by atoms with Crippen molar-refractivity contribution in [3.8, 4) is 17.3 Å². The summed E-state index contributed by atoms with van der Waals surface area (Å²) in [5.41, 5.74) is 1.60. The Morgan fingerprint density at radius 3 is 2.67 bits per heavy atom. The first-order valence-electron chi connectivity index (χ1n) is 11.0. The van der Waals surface area contributed by atoms with E-state index in [-0.39, 0.29) is 11.4 Å². The predicted octanol–water partition coefficient (Wildman–Crippen LogP) is 5.39. The van der Waals surface area contributed by atoms with Crippen molar-refractivity contribution in [1.29, 1.82) is 0 Å². The number of furan rings is 1. The van der Waals surface area contributed by atoms with E-state index in [0.717, 1.165) is 5.39 Å². The molecule has 3 aromatic carbocycles. The normalized spacial score (nSPS) is 12.3. The van der Waals surface area contributed by atoms with E-state index in [4.69, 9.17) is 13.9 Å². The summed E-state index contributed by atoms with van der Waals surface area (Å²) in [6, 6.07) is 21.7. The Kier molecular flexibility index (Phi) is 6.39. The van der Waals surface area contributed by atoms with Gasteiger partial charge in [-0.15, -0.1) is 0 Å². The molecule has 0 spiro atoms. The van der Waals surface area contributed by atoms with Gasteiger partial charge in [-0.2, -0.15) is 9.78 Å². The third-order valence-corrected chi connectivity index (χ3v) is 6.13. The highest BCUT2D eigenvalue weighted by Crippen LogP contribution is 2.28. The number of hydrogen-bond acceptors (Lipinski definition) is 7. The van der Waals surface area contributed by atoms with E-state index in [9.17, 15) is 9.59 Å². The van der Waals surface area contributed by atoms with E-state index in [1.807, 2.05) is 36.4 Å². The van der Waals surface area contributed by atoms with E-state index < -0.39 is 12.1 Å². The quantitative estimate of drug-likeness (QED) is 0.209. The molecule has 2 heterocycles. The number of aromatic nitrogens is 2. The molecule has 180 valence electrons. The number of nitrogens with zero attached hydrogens (tertiary/aromatic N) is 3. The van der Waals surface area contributed by atoms with Crippen LogP contribution in [0.1, 0.15) is 12.5 Å². The highest BCUT2D eigenvalue weighted by Gasteiger charge is 2.18. The lowest BCUT2D eigenvalue weighted by molar-refractivity contribution is -0.147. The number of halogens is 1. The Bertz CT molecular complexity index is 1660. The molecular weight excluding hydrogens is 526 g/mol. The maximum atomic E-state index is 13.4. The Balaban J connectivity index is 1.56. The summed E-state index contributed by atoms with van der Waals surface area (Å²) in [7, 11) is 1.31. The minimum absolute atomic E-state index is 0.289. The fraction of sp³-hybridized carbons (Fsp3) is 0.111. The number of fused-ring (bicyclic) bond motifs is 2. The van der Waals surface area contributed by atoms with Crippen LogP contribution < -0.4 is 10.3 Å². The van der Waals surface area contributed by atoms with Crippen molar-refractivity contribution in [2.45, 2.75) is 13.0 Å². The largest absolute Gasteiger partial charge is 0.478 e. The lowest BCUT2D eigenvalue weighted by Gasteiger charge is -2.14. The molecule has 0 aliphatic heterocycles. The van der Waals surface area contributed by atoms with Gasteiger partial charge in [-0.05, 0) is 70.9 Å². The monoisotopic (exact) mass is 545 g/mol. The Labute approximate surface area is 213 Å². The van der Waals surface area contributed by atoms with Crippen LogP contribution in [0.5, 0.6) is 5.75 Å². The number of esters is 1. The van der Waals surface area contributed by atoms with Crippen LogP contribution in [-0.4, -0.2) is 35.1 Å². The summed E-state index contributed by atoms with van der Waals surface area (Å²) >= 11 is 3.46. The number of carbonyl (C=O) groups excluding carboxylic acids is 1. The van der Waals surface area contributed by atoms with Gasteiger partial charge in [-0.25, -0.2) is 9.78 Å². The van der Waals surface area contributed by atoms with Crippen molar-refractivity contribution in [2.75, 3.05) is 7.11 Å². The molecule has 0 unspecified atom stereocenters.